The summed E-state index contributed by atoms with van der Waals surface area (Å²) in [6.45, 7) is 7.65. The molecule has 1 aromatic carbocycles. The van der Waals surface area contributed by atoms with E-state index in [0.717, 1.165) is 31.3 Å². The van der Waals surface area contributed by atoms with Crippen LogP contribution in [0.3, 0.4) is 0 Å². The standard InChI is InChI=1S/C17H22N4/c1-12-4-3-5-14(8-12)9-20-10-15-6-7-17-19-18-13(2)21(17)16(15)11-20/h3-5,8,15-16H,6-7,9-11H2,1-2H3/t15-,16+/m1/s1. The molecule has 4 rings (SSSR count). The quantitative estimate of drug-likeness (QED) is 0.849. The highest BCUT2D eigenvalue weighted by Crippen LogP contribution is 2.37. The molecule has 1 saturated heterocycles. The molecule has 21 heavy (non-hydrogen) atoms. The molecule has 2 atom stereocenters. The lowest BCUT2D eigenvalue weighted by molar-refractivity contribution is 0.313. The number of fused-ring (bicyclic) bond motifs is 3. The predicted molar refractivity (Wildman–Crippen MR) is 82.1 cm³/mol. The zero-order valence-electron chi connectivity index (χ0n) is 12.8. The van der Waals surface area contributed by atoms with Gasteiger partial charge in [0.2, 0.25) is 0 Å². The van der Waals surface area contributed by atoms with Crippen molar-refractivity contribution in [2.45, 2.75) is 39.3 Å². The molecule has 110 valence electrons. The van der Waals surface area contributed by atoms with Crippen LogP contribution >= 0.6 is 0 Å². The van der Waals surface area contributed by atoms with Crippen molar-refractivity contribution in [2.24, 2.45) is 5.92 Å². The first-order valence-electron chi connectivity index (χ1n) is 7.89. The van der Waals surface area contributed by atoms with E-state index in [4.69, 9.17) is 0 Å². The molecule has 2 aromatic rings. The fraction of sp³-hybridized carbons (Fsp3) is 0.529. The molecule has 0 unspecified atom stereocenters. The van der Waals surface area contributed by atoms with Gasteiger partial charge in [-0.2, -0.15) is 0 Å². The van der Waals surface area contributed by atoms with Gasteiger partial charge in [0.15, 0.2) is 0 Å². The Morgan fingerprint density at radius 2 is 2.10 bits per heavy atom. The monoisotopic (exact) mass is 282 g/mol. The van der Waals surface area contributed by atoms with E-state index < -0.39 is 0 Å². The Labute approximate surface area is 125 Å². The molecular formula is C17H22N4. The molecule has 0 N–H and O–H groups in total. The molecular weight excluding hydrogens is 260 g/mol. The number of nitrogens with zero attached hydrogens (tertiary/aromatic N) is 4. The molecule has 2 aliphatic rings. The van der Waals surface area contributed by atoms with Crippen LogP contribution in [0.4, 0.5) is 0 Å². The second kappa shape index (κ2) is 4.95. The lowest BCUT2D eigenvalue weighted by atomic mass is 9.94. The number of rotatable bonds is 2. The van der Waals surface area contributed by atoms with Crippen LogP contribution in [0.25, 0.3) is 0 Å². The van der Waals surface area contributed by atoms with Crippen LogP contribution in [-0.4, -0.2) is 32.8 Å². The molecule has 1 aromatic heterocycles. The molecule has 3 heterocycles. The largest absolute Gasteiger partial charge is 0.310 e. The Morgan fingerprint density at radius 1 is 1.19 bits per heavy atom. The fourth-order valence-electron chi connectivity index (χ4n) is 4.04. The van der Waals surface area contributed by atoms with Crippen molar-refractivity contribution in [1.29, 1.82) is 0 Å². The van der Waals surface area contributed by atoms with Gasteiger partial charge < -0.3 is 4.57 Å². The van der Waals surface area contributed by atoms with E-state index in [-0.39, 0.29) is 0 Å². The van der Waals surface area contributed by atoms with Gasteiger partial charge in [-0.15, -0.1) is 10.2 Å². The Bertz CT molecular complexity index is 661. The Morgan fingerprint density at radius 3 is 2.95 bits per heavy atom. The summed E-state index contributed by atoms with van der Waals surface area (Å²) in [4.78, 5) is 2.60. The Kier molecular flexibility index (Phi) is 3.07. The van der Waals surface area contributed by atoms with E-state index in [1.165, 1.54) is 29.9 Å². The molecule has 4 nitrogen and oxygen atoms in total. The van der Waals surface area contributed by atoms with Gasteiger partial charge in [0.1, 0.15) is 11.6 Å². The number of hydrogen-bond donors (Lipinski definition) is 0. The minimum atomic E-state index is 0.577. The normalized spacial score (nSPS) is 24.9. The number of aromatic nitrogens is 3. The van der Waals surface area contributed by atoms with Crippen molar-refractivity contribution in [2.75, 3.05) is 13.1 Å². The molecule has 2 aliphatic heterocycles. The number of aryl methyl sites for hydroxylation is 3. The lowest BCUT2D eigenvalue weighted by Crippen LogP contribution is -2.26. The number of hydrogen-bond acceptors (Lipinski definition) is 3. The molecule has 0 aliphatic carbocycles. The topological polar surface area (TPSA) is 34.0 Å². The summed E-state index contributed by atoms with van der Waals surface area (Å²) >= 11 is 0. The third-order valence-electron chi connectivity index (χ3n) is 4.98. The second-order valence-corrected chi connectivity index (χ2v) is 6.58. The van der Waals surface area contributed by atoms with Gasteiger partial charge >= 0.3 is 0 Å². The first-order chi connectivity index (χ1) is 10.2. The average molecular weight is 282 g/mol. The Balaban J connectivity index is 1.54. The third-order valence-corrected chi connectivity index (χ3v) is 4.98. The van der Waals surface area contributed by atoms with Crippen LogP contribution in [0.15, 0.2) is 24.3 Å². The van der Waals surface area contributed by atoms with Gasteiger partial charge in [-0.3, -0.25) is 4.90 Å². The van der Waals surface area contributed by atoms with Gasteiger partial charge in [0.25, 0.3) is 0 Å². The SMILES string of the molecule is Cc1cccc(CN2C[C@H]3CCc4nnc(C)n4[C@H]3C2)c1. The van der Waals surface area contributed by atoms with Gasteiger partial charge in [-0.05, 0) is 31.7 Å². The summed E-state index contributed by atoms with van der Waals surface area (Å²) in [5.41, 5.74) is 2.77. The molecule has 0 bridgehead atoms. The zero-order valence-corrected chi connectivity index (χ0v) is 12.8. The minimum absolute atomic E-state index is 0.577. The summed E-state index contributed by atoms with van der Waals surface area (Å²) in [5.74, 6) is 3.03. The summed E-state index contributed by atoms with van der Waals surface area (Å²) in [6, 6.07) is 9.45. The van der Waals surface area contributed by atoms with Crippen molar-refractivity contribution in [3.63, 3.8) is 0 Å². The molecule has 0 spiro atoms. The van der Waals surface area contributed by atoms with E-state index >= 15 is 0 Å². The first kappa shape index (κ1) is 13.0. The van der Waals surface area contributed by atoms with Crippen LogP contribution in [0.5, 0.6) is 0 Å². The smallest absolute Gasteiger partial charge is 0.133 e. The molecule has 1 fully saturated rings. The van der Waals surface area contributed by atoms with E-state index in [2.05, 4.69) is 57.8 Å². The van der Waals surface area contributed by atoms with E-state index in [9.17, 15) is 0 Å². The second-order valence-electron chi connectivity index (χ2n) is 6.58. The summed E-state index contributed by atoms with van der Waals surface area (Å²) in [6.07, 6.45) is 2.34. The van der Waals surface area contributed by atoms with Crippen molar-refractivity contribution < 1.29 is 0 Å². The average Bonchev–Trinajstić information content (AvgIpc) is 3.02. The fourth-order valence-corrected chi connectivity index (χ4v) is 4.04. The van der Waals surface area contributed by atoms with Gasteiger partial charge in [0, 0.05) is 26.1 Å². The number of likely N-dealkylation sites (tertiary alicyclic amines) is 1. The molecule has 4 heteroatoms. The summed E-state index contributed by atoms with van der Waals surface area (Å²) in [7, 11) is 0. The highest BCUT2D eigenvalue weighted by atomic mass is 15.3. The zero-order chi connectivity index (χ0) is 14.4. The van der Waals surface area contributed by atoms with E-state index in [1.54, 1.807) is 0 Å². The van der Waals surface area contributed by atoms with Gasteiger partial charge in [-0.1, -0.05) is 29.8 Å². The highest BCUT2D eigenvalue weighted by Gasteiger charge is 2.38. The van der Waals surface area contributed by atoms with Crippen molar-refractivity contribution in [1.82, 2.24) is 19.7 Å². The van der Waals surface area contributed by atoms with E-state index in [0.29, 0.717) is 6.04 Å². The van der Waals surface area contributed by atoms with Gasteiger partial charge in [0.05, 0.1) is 6.04 Å². The number of benzene rings is 1. The lowest BCUT2D eigenvalue weighted by Gasteiger charge is -2.27. The summed E-state index contributed by atoms with van der Waals surface area (Å²) < 4.78 is 2.39. The van der Waals surface area contributed by atoms with Crippen LogP contribution in [-0.2, 0) is 13.0 Å². The van der Waals surface area contributed by atoms with Crippen LogP contribution < -0.4 is 0 Å². The predicted octanol–water partition coefficient (Wildman–Crippen LogP) is 2.51. The molecule has 0 saturated carbocycles. The molecule has 0 amide bonds. The van der Waals surface area contributed by atoms with Crippen molar-refractivity contribution in [3.05, 3.63) is 47.0 Å². The van der Waals surface area contributed by atoms with Crippen molar-refractivity contribution >= 4 is 0 Å². The van der Waals surface area contributed by atoms with Crippen molar-refractivity contribution in [3.8, 4) is 0 Å². The summed E-state index contributed by atoms with van der Waals surface area (Å²) in [5, 5.41) is 8.61. The van der Waals surface area contributed by atoms with Gasteiger partial charge in [-0.25, -0.2) is 0 Å². The first-order valence-corrected chi connectivity index (χ1v) is 7.89. The van der Waals surface area contributed by atoms with E-state index in [1.807, 2.05) is 0 Å². The van der Waals surface area contributed by atoms with Crippen LogP contribution in [0.1, 0.15) is 35.2 Å². The molecule has 0 radical (unpaired) electrons. The maximum absolute atomic E-state index is 4.33. The third kappa shape index (κ3) is 2.27. The maximum Gasteiger partial charge on any atom is 0.133 e. The van der Waals surface area contributed by atoms with Crippen LogP contribution in [0.2, 0.25) is 0 Å². The Hall–Kier alpha value is -1.68. The van der Waals surface area contributed by atoms with Crippen LogP contribution in [0, 0.1) is 19.8 Å². The highest BCUT2D eigenvalue weighted by molar-refractivity contribution is 5.22. The maximum atomic E-state index is 4.33. The minimum Gasteiger partial charge on any atom is -0.310 e.